The van der Waals surface area contributed by atoms with Crippen LogP contribution in [0.1, 0.15) is 26.7 Å². The Bertz CT molecular complexity index is 180. The molecule has 0 aromatic rings. The minimum Gasteiger partial charge on any atom is -0.363 e. The molecule has 2 nitrogen and oxygen atoms in total. The molecule has 3 rings (SSSR count). The summed E-state index contributed by atoms with van der Waals surface area (Å²) < 4.78 is 6.09. The van der Waals surface area contributed by atoms with Gasteiger partial charge in [-0.15, -0.1) is 11.8 Å². The molecule has 0 aromatic heterocycles. The van der Waals surface area contributed by atoms with Gasteiger partial charge in [0, 0.05) is 6.54 Å². The molecule has 0 amide bonds. The average molecular weight is 215 g/mol. The van der Waals surface area contributed by atoms with Crippen LogP contribution in [0.2, 0.25) is 0 Å². The van der Waals surface area contributed by atoms with E-state index in [0.29, 0.717) is 11.5 Å². The van der Waals surface area contributed by atoms with E-state index in [-0.39, 0.29) is 0 Å². The molecular formula is C11H21NOS. The Morgan fingerprint density at radius 3 is 2.64 bits per heavy atom. The predicted octanol–water partition coefficient (Wildman–Crippen LogP) is 2.20. The van der Waals surface area contributed by atoms with Gasteiger partial charge in [-0.05, 0) is 44.5 Å². The van der Waals surface area contributed by atoms with Crippen LogP contribution in [0.5, 0.6) is 0 Å². The van der Waals surface area contributed by atoms with Crippen molar-refractivity contribution in [2.75, 3.05) is 25.4 Å². The highest BCUT2D eigenvalue weighted by molar-refractivity contribution is 7.99. The molecule has 14 heavy (non-hydrogen) atoms. The molecule has 0 saturated carbocycles. The van der Waals surface area contributed by atoms with E-state index in [2.05, 4.69) is 18.7 Å². The number of ether oxygens (including phenoxy) is 1. The summed E-state index contributed by atoms with van der Waals surface area (Å²) in [7, 11) is 0. The van der Waals surface area contributed by atoms with E-state index in [1.165, 1.54) is 32.5 Å². The fraction of sp³-hybridized carbons (Fsp3) is 1.00. The molecule has 0 unspecified atom stereocenters. The normalized spacial score (nSPS) is 38.6. The summed E-state index contributed by atoms with van der Waals surface area (Å²) in [5.74, 6) is 2.00. The van der Waals surface area contributed by atoms with Crippen LogP contribution >= 0.6 is 11.8 Å². The molecule has 2 bridgehead atoms. The summed E-state index contributed by atoms with van der Waals surface area (Å²) in [5.41, 5.74) is 0.380. The van der Waals surface area contributed by atoms with E-state index >= 15 is 0 Å². The highest BCUT2D eigenvalue weighted by Gasteiger charge is 2.35. The number of fused-ring (bicyclic) bond motifs is 3. The van der Waals surface area contributed by atoms with Crippen molar-refractivity contribution >= 4 is 11.8 Å². The van der Waals surface area contributed by atoms with Gasteiger partial charge >= 0.3 is 0 Å². The second kappa shape index (κ2) is 4.86. The number of hydrogen-bond donors (Lipinski definition) is 0. The number of rotatable bonds is 4. The molecule has 2 atom stereocenters. The number of piperidine rings is 3. The highest BCUT2D eigenvalue weighted by Crippen LogP contribution is 2.31. The third-order valence-electron chi connectivity index (χ3n) is 3.36. The predicted molar refractivity (Wildman–Crippen MR) is 61.6 cm³/mol. The van der Waals surface area contributed by atoms with Crippen molar-refractivity contribution in [2.45, 2.75) is 38.2 Å². The Morgan fingerprint density at radius 1 is 1.43 bits per heavy atom. The van der Waals surface area contributed by atoms with Gasteiger partial charge in [-0.2, -0.15) is 0 Å². The molecular weight excluding hydrogens is 194 g/mol. The van der Waals surface area contributed by atoms with E-state index in [9.17, 15) is 0 Å². The first-order valence-corrected chi connectivity index (χ1v) is 6.84. The van der Waals surface area contributed by atoms with Crippen LogP contribution in [0.4, 0.5) is 0 Å². The number of thioether (sulfide) groups is 1. The molecule has 3 heterocycles. The SMILES string of the molecule is CCS[C@H](C)O[C@H]1CN2CCC1CC2. The van der Waals surface area contributed by atoms with E-state index in [0.717, 1.165) is 11.7 Å². The van der Waals surface area contributed by atoms with Crippen LogP contribution in [-0.4, -0.2) is 41.8 Å². The topological polar surface area (TPSA) is 12.5 Å². The zero-order valence-corrected chi connectivity index (χ0v) is 10.1. The van der Waals surface area contributed by atoms with Gasteiger partial charge in [0.1, 0.15) is 5.44 Å². The Labute approximate surface area is 91.4 Å². The number of hydrogen-bond acceptors (Lipinski definition) is 3. The van der Waals surface area contributed by atoms with Crippen molar-refractivity contribution in [3.05, 3.63) is 0 Å². The molecule has 3 aliphatic rings. The summed E-state index contributed by atoms with van der Waals surface area (Å²) in [5, 5.41) is 0. The van der Waals surface area contributed by atoms with Gasteiger partial charge in [0.25, 0.3) is 0 Å². The Morgan fingerprint density at radius 2 is 2.14 bits per heavy atom. The summed E-state index contributed by atoms with van der Waals surface area (Å²) >= 11 is 1.91. The van der Waals surface area contributed by atoms with Gasteiger partial charge in [-0.25, -0.2) is 0 Å². The molecule has 0 aliphatic carbocycles. The van der Waals surface area contributed by atoms with Crippen LogP contribution in [-0.2, 0) is 4.74 Å². The minimum atomic E-state index is 0.380. The third kappa shape index (κ3) is 2.44. The molecule has 0 N–H and O–H groups in total. The van der Waals surface area contributed by atoms with Gasteiger partial charge in [-0.1, -0.05) is 6.92 Å². The lowest BCUT2D eigenvalue weighted by molar-refractivity contribution is -0.0744. The van der Waals surface area contributed by atoms with Crippen LogP contribution in [0.15, 0.2) is 0 Å². The van der Waals surface area contributed by atoms with Crippen molar-refractivity contribution in [2.24, 2.45) is 5.92 Å². The van der Waals surface area contributed by atoms with Gasteiger partial charge in [0.05, 0.1) is 6.10 Å². The van der Waals surface area contributed by atoms with Gasteiger partial charge < -0.3 is 9.64 Å². The molecule has 3 aliphatic heterocycles. The second-order valence-electron chi connectivity index (χ2n) is 4.34. The fourth-order valence-electron chi connectivity index (χ4n) is 2.59. The van der Waals surface area contributed by atoms with Crippen molar-refractivity contribution in [3.8, 4) is 0 Å². The lowest BCUT2D eigenvalue weighted by Gasteiger charge is -2.45. The van der Waals surface area contributed by atoms with Crippen molar-refractivity contribution in [1.82, 2.24) is 4.90 Å². The largest absolute Gasteiger partial charge is 0.363 e. The summed E-state index contributed by atoms with van der Waals surface area (Å²) in [6.07, 6.45) is 3.23. The molecule has 0 aromatic carbocycles. The zero-order chi connectivity index (χ0) is 9.97. The maximum absolute atomic E-state index is 6.09. The van der Waals surface area contributed by atoms with Crippen molar-refractivity contribution < 1.29 is 4.74 Å². The van der Waals surface area contributed by atoms with Gasteiger partial charge in [0.15, 0.2) is 0 Å². The van der Waals surface area contributed by atoms with E-state index < -0.39 is 0 Å². The van der Waals surface area contributed by atoms with Crippen molar-refractivity contribution in [1.29, 1.82) is 0 Å². The monoisotopic (exact) mass is 215 g/mol. The second-order valence-corrected chi connectivity index (χ2v) is 5.91. The molecule has 82 valence electrons. The first kappa shape index (κ1) is 10.8. The summed E-state index contributed by atoms with van der Waals surface area (Å²) in [6, 6.07) is 0. The van der Waals surface area contributed by atoms with Gasteiger partial charge in [-0.3, -0.25) is 0 Å². The van der Waals surface area contributed by atoms with Crippen LogP contribution in [0.3, 0.4) is 0 Å². The van der Waals surface area contributed by atoms with Crippen LogP contribution in [0, 0.1) is 5.92 Å². The standard InChI is InChI=1S/C11H21NOS/c1-3-14-9(2)13-11-8-12-6-4-10(11)5-7-12/h9-11H,3-8H2,1-2H3/t9-,11+/m1/s1. The first-order valence-electron chi connectivity index (χ1n) is 5.79. The Hall–Kier alpha value is 0.270. The summed E-state index contributed by atoms with van der Waals surface area (Å²) in [4.78, 5) is 2.55. The molecule has 3 heteroatoms. The first-order chi connectivity index (χ1) is 6.79. The third-order valence-corrected chi connectivity index (χ3v) is 4.28. The molecule has 3 fully saturated rings. The van der Waals surface area contributed by atoms with E-state index in [4.69, 9.17) is 4.74 Å². The maximum atomic E-state index is 6.09. The smallest absolute Gasteiger partial charge is 0.100 e. The number of nitrogens with zero attached hydrogens (tertiary/aromatic N) is 1. The van der Waals surface area contributed by atoms with E-state index in [1.54, 1.807) is 0 Å². The fourth-order valence-corrected chi connectivity index (χ4v) is 3.28. The van der Waals surface area contributed by atoms with E-state index in [1.807, 2.05) is 11.8 Å². The quantitative estimate of drug-likeness (QED) is 0.667. The lowest BCUT2D eigenvalue weighted by Crippen LogP contribution is -2.51. The highest BCUT2D eigenvalue weighted by atomic mass is 32.2. The van der Waals surface area contributed by atoms with Crippen LogP contribution < -0.4 is 0 Å². The molecule has 3 saturated heterocycles. The van der Waals surface area contributed by atoms with Crippen LogP contribution in [0.25, 0.3) is 0 Å². The molecule has 0 spiro atoms. The van der Waals surface area contributed by atoms with Gasteiger partial charge in [0.2, 0.25) is 0 Å². The lowest BCUT2D eigenvalue weighted by atomic mass is 9.86. The minimum absolute atomic E-state index is 0.380. The Kier molecular flexibility index (Phi) is 3.74. The summed E-state index contributed by atoms with van der Waals surface area (Å²) in [6.45, 7) is 8.17. The molecule has 0 radical (unpaired) electrons. The van der Waals surface area contributed by atoms with Crippen molar-refractivity contribution in [3.63, 3.8) is 0 Å². The maximum Gasteiger partial charge on any atom is 0.100 e. The Balaban J connectivity index is 1.80. The average Bonchev–Trinajstić information content (AvgIpc) is 2.19. The zero-order valence-electron chi connectivity index (χ0n) is 9.24.